The monoisotopic (exact) mass is 452 g/mol. The molecule has 3 aromatic rings. The molecule has 6 heteroatoms. The van der Waals surface area contributed by atoms with Gasteiger partial charge >= 0.3 is 0 Å². The van der Waals surface area contributed by atoms with E-state index >= 15 is 0 Å². The molecule has 0 aliphatic heterocycles. The van der Waals surface area contributed by atoms with Crippen molar-refractivity contribution in [3.63, 3.8) is 0 Å². The smallest absolute Gasteiger partial charge is 0.149 e. The summed E-state index contributed by atoms with van der Waals surface area (Å²) in [5.74, 6) is 0.632. The molecule has 31 heavy (non-hydrogen) atoms. The number of hydrogen-bond acceptors (Lipinski definition) is 4. The van der Waals surface area contributed by atoms with Crippen molar-refractivity contribution in [1.82, 2.24) is 0 Å². The zero-order chi connectivity index (χ0) is 22.2. The van der Waals surface area contributed by atoms with E-state index in [1.807, 2.05) is 74.5 Å². The summed E-state index contributed by atoms with van der Waals surface area (Å²) in [7, 11) is 0. The summed E-state index contributed by atoms with van der Waals surface area (Å²) in [5, 5.41) is 19.1. The third-order valence-electron chi connectivity index (χ3n) is 5.54. The van der Waals surface area contributed by atoms with E-state index in [2.05, 4.69) is 0 Å². The largest absolute Gasteiger partial charge is 0.492 e. The van der Waals surface area contributed by atoms with Gasteiger partial charge in [-0.05, 0) is 25.0 Å². The maximum absolute atomic E-state index is 9.38. The van der Waals surface area contributed by atoms with Gasteiger partial charge in [-0.15, -0.1) is 0 Å². The van der Waals surface area contributed by atoms with Crippen LogP contribution in [0.25, 0.3) is 0 Å². The minimum atomic E-state index is -1.14. The Morgan fingerprint density at radius 1 is 0.677 bits per heavy atom. The lowest BCUT2D eigenvalue weighted by atomic mass is 9.70. The van der Waals surface area contributed by atoms with Crippen LogP contribution in [0.1, 0.15) is 36.1 Å². The number of fused-ring (bicyclic) bond motifs is 1. The first-order valence-corrected chi connectivity index (χ1v) is 10.9. The van der Waals surface area contributed by atoms with Crippen molar-refractivity contribution in [2.45, 2.75) is 19.3 Å². The molecule has 1 aliphatic rings. The Morgan fingerprint density at radius 2 is 1.03 bits per heavy atom. The Balaban J connectivity index is 2.13. The van der Waals surface area contributed by atoms with E-state index < -0.39 is 5.41 Å². The van der Waals surface area contributed by atoms with E-state index in [9.17, 15) is 10.8 Å². The van der Waals surface area contributed by atoms with Crippen LogP contribution in [0.2, 0.25) is 10.0 Å². The van der Waals surface area contributed by atoms with Crippen LogP contribution in [-0.4, -0.2) is 24.6 Å². The fourth-order valence-corrected chi connectivity index (χ4v) is 4.77. The summed E-state index contributed by atoms with van der Waals surface area (Å²) in [6.45, 7) is 4.39. The third kappa shape index (κ3) is 3.05. The molecule has 0 aromatic heterocycles. The maximum Gasteiger partial charge on any atom is 0.149 e. The molecule has 1 aliphatic carbocycles. The zero-order valence-electron chi connectivity index (χ0n) is 17.3. The predicted molar refractivity (Wildman–Crippen MR) is 126 cm³/mol. The van der Waals surface area contributed by atoms with Crippen LogP contribution >= 0.6 is 23.2 Å². The number of hydrogen-bond donors (Lipinski definition) is 2. The standard InChI is InChI=1S/C25H22Cl2N2O2/c1-3-30-21-17-18(22(31-4-2)20(27)19(21)26)24(29)25(23(17)28,15-11-7-5-8-12-15)16-13-9-6-10-14-16/h5-14,28-29H,3-4H2,1-2H3. The normalized spacial score (nSPS) is 14.5. The van der Waals surface area contributed by atoms with Gasteiger partial charge in [0.25, 0.3) is 0 Å². The van der Waals surface area contributed by atoms with E-state index in [0.717, 1.165) is 11.1 Å². The van der Waals surface area contributed by atoms with Gasteiger partial charge in [-0.2, -0.15) is 0 Å². The molecule has 4 rings (SSSR count). The van der Waals surface area contributed by atoms with E-state index in [1.165, 1.54) is 0 Å². The quantitative estimate of drug-likeness (QED) is 0.446. The van der Waals surface area contributed by atoms with Crippen LogP contribution in [0.5, 0.6) is 11.5 Å². The molecule has 0 atom stereocenters. The van der Waals surface area contributed by atoms with Gasteiger partial charge in [0, 0.05) is 0 Å². The highest BCUT2D eigenvalue weighted by Gasteiger charge is 2.53. The highest BCUT2D eigenvalue weighted by molar-refractivity contribution is 6.47. The Hall–Kier alpha value is -2.82. The number of rotatable bonds is 6. The van der Waals surface area contributed by atoms with E-state index in [-0.39, 0.29) is 21.5 Å². The van der Waals surface area contributed by atoms with Crippen molar-refractivity contribution in [3.8, 4) is 11.5 Å². The second kappa shape index (κ2) is 8.37. The van der Waals surface area contributed by atoms with Gasteiger partial charge in [0.2, 0.25) is 0 Å². The molecule has 0 fully saturated rings. The van der Waals surface area contributed by atoms with E-state index in [4.69, 9.17) is 32.7 Å². The molecule has 0 bridgehead atoms. The molecule has 0 unspecified atom stereocenters. The molecule has 0 heterocycles. The molecule has 2 N–H and O–H groups in total. The average Bonchev–Trinajstić information content (AvgIpc) is 3.03. The zero-order valence-corrected chi connectivity index (χ0v) is 18.8. The number of benzene rings is 3. The van der Waals surface area contributed by atoms with E-state index in [0.29, 0.717) is 35.8 Å². The van der Waals surface area contributed by atoms with Gasteiger partial charge in [0.15, 0.2) is 0 Å². The maximum atomic E-state index is 9.38. The molecule has 0 spiro atoms. The number of ether oxygens (including phenoxy) is 2. The van der Waals surface area contributed by atoms with Crippen molar-refractivity contribution >= 4 is 34.6 Å². The predicted octanol–water partition coefficient (Wildman–Crippen LogP) is 6.53. The third-order valence-corrected chi connectivity index (χ3v) is 6.35. The summed E-state index contributed by atoms with van der Waals surface area (Å²) < 4.78 is 11.7. The lowest BCUT2D eigenvalue weighted by Gasteiger charge is -2.31. The molecule has 0 amide bonds. The molecule has 0 radical (unpaired) electrons. The Labute approximate surface area is 191 Å². The first-order chi connectivity index (χ1) is 15.0. The molecule has 0 saturated carbocycles. The first kappa shape index (κ1) is 21.4. The van der Waals surface area contributed by atoms with Crippen molar-refractivity contribution < 1.29 is 9.47 Å². The highest BCUT2D eigenvalue weighted by atomic mass is 35.5. The Kier molecular flexibility index (Phi) is 5.78. The van der Waals surface area contributed by atoms with Crippen LogP contribution in [0, 0.1) is 10.8 Å². The minimum absolute atomic E-state index is 0.195. The number of halogens is 2. The molecular formula is C25H22Cl2N2O2. The van der Waals surface area contributed by atoms with Gasteiger partial charge in [-0.3, -0.25) is 0 Å². The molecular weight excluding hydrogens is 431 g/mol. The topological polar surface area (TPSA) is 66.2 Å². The van der Waals surface area contributed by atoms with Crippen LogP contribution in [0.4, 0.5) is 0 Å². The first-order valence-electron chi connectivity index (χ1n) is 10.1. The minimum Gasteiger partial charge on any atom is -0.492 e. The summed E-state index contributed by atoms with van der Waals surface area (Å²) >= 11 is 13.2. The second-order valence-electron chi connectivity index (χ2n) is 7.13. The number of nitrogens with one attached hydrogen (secondary N) is 2. The molecule has 0 saturated heterocycles. The summed E-state index contributed by atoms with van der Waals surface area (Å²) in [4.78, 5) is 0. The van der Waals surface area contributed by atoms with Gasteiger partial charge in [0.05, 0.1) is 35.8 Å². The average molecular weight is 453 g/mol. The van der Waals surface area contributed by atoms with Crippen molar-refractivity contribution in [2.75, 3.05) is 13.2 Å². The van der Waals surface area contributed by atoms with Crippen molar-refractivity contribution in [1.29, 1.82) is 10.8 Å². The van der Waals surface area contributed by atoms with Gasteiger partial charge in [-0.25, -0.2) is 0 Å². The summed E-state index contributed by atoms with van der Waals surface area (Å²) in [6.07, 6.45) is 0. The molecule has 158 valence electrons. The van der Waals surface area contributed by atoms with E-state index in [1.54, 1.807) is 0 Å². The Bertz CT molecular complexity index is 1070. The van der Waals surface area contributed by atoms with Crippen LogP contribution in [0.15, 0.2) is 60.7 Å². The Morgan fingerprint density at radius 3 is 1.35 bits per heavy atom. The highest BCUT2D eigenvalue weighted by Crippen LogP contribution is 2.55. The fraction of sp³-hybridized carbons (Fsp3) is 0.200. The molecule has 3 aromatic carbocycles. The van der Waals surface area contributed by atoms with Crippen LogP contribution < -0.4 is 9.47 Å². The van der Waals surface area contributed by atoms with Gasteiger partial charge in [-0.1, -0.05) is 83.9 Å². The summed E-state index contributed by atoms with van der Waals surface area (Å²) in [6, 6.07) is 19.2. The second-order valence-corrected chi connectivity index (χ2v) is 7.89. The van der Waals surface area contributed by atoms with Crippen molar-refractivity contribution in [3.05, 3.63) is 93.0 Å². The molecule has 4 nitrogen and oxygen atoms in total. The van der Waals surface area contributed by atoms with Gasteiger partial charge in [0.1, 0.15) is 27.0 Å². The van der Waals surface area contributed by atoms with Gasteiger partial charge < -0.3 is 20.3 Å². The fourth-order valence-electron chi connectivity index (χ4n) is 4.30. The van der Waals surface area contributed by atoms with Crippen molar-refractivity contribution in [2.24, 2.45) is 0 Å². The lowest BCUT2D eigenvalue weighted by molar-refractivity contribution is 0.330. The summed E-state index contributed by atoms with van der Waals surface area (Å²) in [5.41, 5.74) is 1.82. The van der Waals surface area contributed by atoms with Crippen LogP contribution in [-0.2, 0) is 5.41 Å². The van der Waals surface area contributed by atoms with Crippen LogP contribution in [0.3, 0.4) is 0 Å². The lowest BCUT2D eigenvalue weighted by Crippen LogP contribution is -2.39. The SMILES string of the molecule is CCOc1c(Cl)c(Cl)c(OCC)c2c1C(=N)C(c1ccccc1)(c1ccccc1)C2=N.